The van der Waals surface area contributed by atoms with Crippen LogP contribution >= 0.6 is 11.3 Å². The number of nitriles is 1. The molecule has 0 radical (unpaired) electrons. The Bertz CT molecular complexity index is 782. The fraction of sp³-hybridized carbons (Fsp3) is 0.286. The number of rotatable bonds is 3. The number of aryl methyl sites for hydroxylation is 1. The van der Waals surface area contributed by atoms with E-state index in [4.69, 9.17) is 0 Å². The van der Waals surface area contributed by atoms with Crippen molar-refractivity contribution in [1.82, 2.24) is 14.7 Å². The molecule has 114 valence electrons. The van der Waals surface area contributed by atoms with E-state index in [-0.39, 0.29) is 11.8 Å². The molecule has 1 N–H and O–H groups in total. The van der Waals surface area contributed by atoms with Crippen LogP contribution in [0, 0.1) is 18.3 Å². The Morgan fingerprint density at radius 2 is 2.14 bits per heavy atom. The lowest BCUT2D eigenvalue weighted by Crippen LogP contribution is -2.21. The highest BCUT2D eigenvalue weighted by molar-refractivity contribution is 7.18. The molecule has 0 unspecified atom stereocenters. The highest BCUT2D eigenvalue weighted by atomic mass is 32.1. The molecule has 0 bridgehead atoms. The molecule has 2 rings (SSSR count). The monoisotopic (exact) mass is 317 g/mol. The molecule has 2 amide bonds. The molecule has 2 aromatic heterocycles. The molecule has 0 aliphatic heterocycles. The number of hydrogen-bond acceptors (Lipinski definition) is 5. The third-order valence-electron chi connectivity index (χ3n) is 3.05. The second kappa shape index (κ2) is 5.99. The zero-order valence-electron chi connectivity index (χ0n) is 12.7. The van der Waals surface area contributed by atoms with Gasteiger partial charge < -0.3 is 10.2 Å². The SMILES string of the molecule is Cc1c(C(=O)N(C)C)sc(NC(=O)c2cnn(C)c2)c1C#N. The van der Waals surface area contributed by atoms with Gasteiger partial charge in [0.2, 0.25) is 0 Å². The zero-order valence-corrected chi connectivity index (χ0v) is 13.5. The summed E-state index contributed by atoms with van der Waals surface area (Å²) in [5.74, 6) is -0.560. The standard InChI is InChI=1S/C14H15N5O2S/c1-8-10(5-15)13(22-11(8)14(21)18(2)3)17-12(20)9-6-16-19(4)7-9/h6-7H,1-4H3,(H,17,20). The molecule has 2 aromatic rings. The molecule has 7 nitrogen and oxygen atoms in total. The maximum Gasteiger partial charge on any atom is 0.263 e. The van der Waals surface area contributed by atoms with Crippen LogP contribution in [0.3, 0.4) is 0 Å². The molecule has 0 aliphatic rings. The summed E-state index contributed by atoms with van der Waals surface area (Å²) < 4.78 is 1.51. The smallest absolute Gasteiger partial charge is 0.263 e. The normalized spacial score (nSPS) is 10.1. The fourth-order valence-electron chi connectivity index (χ4n) is 1.86. The molecule has 22 heavy (non-hydrogen) atoms. The van der Waals surface area contributed by atoms with Gasteiger partial charge in [0.05, 0.1) is 22.2 Å². The molecular formula is C14H15N5O2S. The van der Waals surface area contributed by atoms with Crippen molar-refractivity contribution >= 4 is 28.2 Å². The van der Waals surface area contributed by atoms with Crippen LogP contribution in [0.1, 0.15) is 31.2 Å². The van der Waals surface area contributed by atoms with Crippen molar-refractivity contribution in [2.75, 3.05) is 19.4 Å². The Balaban J connectivity index is 2.35. The number of nitrogens with one attached hydrogen (secondary N) is 1. The van der Waals surface area contributed by atoms with Crippen LogP contribution in [-0.2, 0) is 7.05 Å². The Morgan fingerprint density at radius 1 is 1.45 bits per heavy atom. The van der Waals surface area contributed by atoms with Crippen molar-refractivity contribution in [1.29, 1.82) is 5.26 Å². The van der Waals surface area contributed by atoms with Crippen molar-refractivity contribution < 1.29 is 9.59 Å². The second-order valence-corrected chi connectivity index (χ2v) is 5.95. The van der Waals surface area contributed by atoms with Crippen LogP contribution in [-0.4, -0.2) is 40.6 Å². The van der Waals surface area contributed by atoms with Gasteiger partial charge >= 0.3 is 0 Å². The van der Waals surface area contributed by atoms with E-state index in [1.54, 1.807) is 34.3 Å². The highest BCUT2D eigenvalue weighted by Gasteiger charge is 2.22. The average Bonchev–Trinajstić information content (AvgIpc) is 3.02. The Morgan fingerprint density at radius 3 is 2.64 bits per heavy atom. The van der Waals surface area contributed by atoms with Gasteiger partial charge in [0.15, 0.2) is 0 Å². The lowest BCUT2D eigenvalue weighted by atomic mass is 10.1. The van der Waals surface area contributed by atoms with Crippen LogP contribution in [0.2, 0.25) is 0 Å². The summed E-state index contributed by atoms with van der Waals surface area (Å²) in [6, 6.07) is 2.04. The largest absolute Gasteiger partial charge is 0.344 e. The number of carbonyl (C=O) groups excluding carboxylic acids is 2. The van der Waals surface area contributed by atoms with Gasteiger partial charge in [0, 0.05) is 27.3 Å². The maximum atomic E-state index is 12.2. The van der Waals surface area contributed by atoms with E-state index in [9.17, 15) is 14.9 Å². The number of aromatic nitrogens is 2. The molecule has 0 fully saturated rings. The minimum atomic E-state index is -0.366. The summed E-state index contributed by atoms with van der Waals surface area (Å²) >= 11 is 1.10. The highest BCUT2D eigenvalue weighted by Crippen LogP contribution is 2.33. The minimum Gasteiger partial charge on any atom is -0.344 e. The predicted molar refractivity (Wildman–Crippen MR) is 82.9 cm³/mol. The summed E-state index contributed by atoms with van der Waals surface area (Å²) in [6.45, 7) is 1.70. The van der Waals surface area contributed by atoms with Crippen LogP contribution in [0.15, 0.2) is 12.4 Å². The molecule has 2 heterocycles. The number of thiophene rings is 1. The molecule has 0 aromatic carbocycles. The molecule has 0 aliphatic carbocycles. The van der Waals surface area contributed by atoms with Gasteiger partial charge in [-0.25, -0.2) is 0 Å². The number of amides is 2. The van der Waals surface area contributed by atoms with E-state index in [1.807, 2.05) is 6.07 Å². The van der Waals surface area contributed by atoms with Crippen LogP contribution in [0.4, 0.5) is 5.00 Å². The first-order valence-corrected chi connectivity index (χ1v) is 7.22. The van der Waals surface area contributed by atoms with Crippen LogP contribution in [0.5, 0.6) is 0 Å². The molecular weight excluding hydrogens is 302 g/mol. The summed E-state index contributed by atoms with van der Waals surface area (Å²) in [7, 11) is 4.99. The molecule has 8 heteroatoms. The number of nitrogens with zero attached hydrogens (tertiary/aromatic N) is 4. The third kappa shape index (κ3) is 2.84. The van der Waals surface area contributed by atoms with E-state index in [1.165, 1.54) is 15.8 Å². The van der Waals surface area contributed by atoms with Crippen molar-refractivity contribution in [2.45, 2.75) is 6.92 Å². The van der Waals surface area contributed by atoms with E-state index < -0.39 is 0 Å². The number of hydrogen-bond donors (Lipinski definition) is 1. The van der Waals surface area contributed by atoms with E-state index in [0.717, 1.165) is 11.3 Å². The Kier molecular flexibility index (Phi) is 4.28. The molecule has 0 atom stereocenters. The predicted octanol–water partition coefficient (Wildman–Crippen LogP) is 1.62. The fourth-order valence-corrected chi connectivity index (χ4v) is 3.03. The van der Waals surface area contributed by atoms with Crippen molar-refractivity contribution in [3.8, 4) is 6.07 Å². The van der Waals surface area contributed by atoms with Crippen molar-refractivity contribution in [3.63, 3.8) is 0 Å². The van der Waals surface area contributed by atoms with Gasteiger partial charge in [0.1, 0.15) is 11.1 Å². The van der Waals surface area contributed by atoms with E-state index in [0.29, 0.717) is 26.6 Å². The van der Waals surface area contributed by atoms with Gasteiger partial charge in [0.25, 0.3) is 11.8 Å². The van der Waals surface area contributed by atoms with Gasteiger partial charge in [-0.2, -0.15) is 10.4 Å². The lowest BCUT2D eigenvalue weighted by Gasteiger charge is -2.08. The average molecular weight is 317 g/mol. The number of carbonyl (C=O) groups is 2. The van der Waals surface area contributed by atoms with Crippen molar-refractivity contribution in [2.24, 2.45) is 7.05 Å². The first-order chi connectivity index (χ1) is 10.3. The first kappa shape index (κ1) is 15.7. The van der Waals surface area contributed by atoms with Gasteiger partial charge in [-0.3, -0.25) is 14.3 Å². The maximum absolute atomic E-state index is 12.2. The lowest BCUT2D eigenvalue weighted by molar-refractivity contribution is 0.0831. The topological polar surface area (TPSA) is 91.0 Å². The number of anilines is 1. The molecule has 0 spiro atoms. The quantitative estimate of drug-likeness (QED) is 0.931. The van der Waals surface area contributed by atoms with E-state index in [2.05, 4.69) is 10.4 Å². The Hall–Kier alpha value is -2.66. The minimum absolute atomic E-state index is 0.194. The first-order valence-electron chi connectivity index (χ1n) is 6.40. The van der Waals surface area contributed by atoms with Crippen molar-refractivity contribution in [3.05, 3.63) is 34.0 Å². The molecule has 0 saturated heterocycles. The van der Waals surface area contributed by atoms with Gasteiger partial charge in [-0.05, 0) is 12.5 Å². The van der Waals surface area contributed by atoms with Crippen LogP contribution < -0.4 is 5.32 Å². The third-order valence-corrected chi connectivity index (χ3v) is 4.25. The summed E-state index contributed by atoms with van der Waals surface area (Å²) in [5, 5.41) is 16.3. The Labute approximate surface area is 131 Å². The summed E-state index contributed by atoms with van der Waals surface area (Å²) in [6.07, 6.45) is 3.02. The second-order valence-electron chi connectivity index (χ2n) is 4.93. The molecule has 0 saturated carbocycles. The zero-order chi connectivity index (χ0) is 16.4. The van der Waals surface area contributed by atoms with Crippen LogP contribution in [0.25, 0.3) is 0 Å². The van der Waals surface area contributed by atoms with Gasteiger partial charge in [-0.15, -0.1) is 11.3 Å². The summed E-state index contributed by atoms with van der Waals surface area (Å²) in [5.41, 5.74) is 1.28. The van der Waals surface area contributed by atoms with E-state index >= 15 is 0 Å². The summed E-state index contributed by atoms with van der Waals surface area (Å²) in [4.78, 5) is 26.1. The van der Waals surface area contributed by atoms with Gasteiger partial charge in [-0.1, -0.05) is 0 Å².